The summed E-state index contributed by atoms with van der Waals surface area (Å²) in [6.07, 6.45) is 4.77. The first-order chi connectivity index (χ1) is 10.9. The van der Waals surface area contributed by atoms with Crippen LogP contribution in [0, 0.1) is 0 Å². The number of hydrogen-bond donors (Lipinski definition) is 0. The van der Waals surface area contributed by atoms with Gasteiger partial charge in [0.1, 0.15) is 11.9 Å². The highest BCUT2D eigenvalue weighted by Gasteiger charge is 2.31. The van der Waals surface area contributed by atoms with E-state index in [1.807, 2.05) is 24.4 Å². The van der Waals surface area contributed by atoms with Crippen molar-refractivity contribution in [3.05, 3.63) is 42.2 Å². The summed E-state index contributed by atoms with van der Waals surface area (Å²) in [7, 11) is 0. The monoisotopic (exact) mass is 315 g/mol. The minimum Gasteiger partial charge on any atom is -0.473 e. The zero-order chi connectivity index (χ0) is 16.4. The lowest BCUT2D eigenvalue weighted by atomic mass is 9.94. The maximum atomic E-state index is 5.97. The Morgan fingerprint density at radius 3 is 2.78 bits per heavy atom. The van der Waals surface area contributed by atoms with Crippen molar-refractivity contribution in [1.82, 2.24) is 14.9 Å². The van der Waals surface area contributed by atoms with Crippen LogP contribution in [0.5, 0.6) is 5.88 Å². The molecule has 2 unspecified atom stereocenters. The summed E-state index contributed by atoms with van der Waals surface area (Å²) >= 11 is 0. The van der Waals surface area contributed by atoms with Crippen molar-refractivity contribution in [3.8, 4) is 5.88 Å². The minimum atomic E-state index is -0.0133. The molecule has 1 aliphatic heterocycles. The van der Waals surface area contributed by atoms with Gasteiger partial charge < -0.3 is 9.15 Å². The van der Waals surface area contributed by atoms with E-state index in [-0.39, 0.29) is 17.6 Å². The van der Waals surface area contributed by atoms with Crippen LogP contribution in [-0.4, -0.2) is 34.1 Å². The molecule has 5 heteroatoms. The van der Waals surface area contributed by atoms with Crippen molar-refractivity contribution < 1.29 is 9.15 Å². The van der Waals surface area contributed by atoms with Crippen LogP contribution in [0.1, 0.15) is 51.8 Å². The number of nitrogens with zero attached hydrogens (tertiary/aromatic N) is 3. The van der Waals surface area contributed by atoms with Gasteiger partial charge in [-0.25, -0.2) is 9.97 Å². The zero-order valence-electron chi connectivity index (χ0n) is 14.3. The smallest absolute Gasteiger partial charge is 0.213 e. The average Bonchev–Trinajstić information content (AvgIpc) is 3.16. The van der Waals surface area contributed by atoms with Gasteiger partial charge in [-0.1, -0.05) is 26.8 Å². The number of ether oxygens (including phenoxy) is 1. The van der Waals surface area contributed by atoms with Crippen LogP contribution >= 0.6 is 0 Å². The topological polar surface area (TPSA) is 51.4 Å². The molecule has 2 atom stereocenters. The Hall–Kier alpha value is -1.88. The summed E-state index contributed by atoms with van der Waals surface area (Å²) in [5.41, 5.74) is -0.0133. The third-order valence-electron chi connectivity index (χ3n) is 4.27. The quantitative estimate of drug-likeness (QED) is 0.863. The highest BCUT2D eigenvalue weighted by atomic mass is 16.5. The van der Waals surface area contributed by atoms with Crippen molar-refractivity contribution in [1.29, 1.82) is 0 Å². The Bertz CT molecular complexity index is 633. The van der Waals surface area contributed by atoms with Gasteiger partial charge in [0.2, 0.25) is 11.8 Å². The maximum absolute atomic E-state index is 5.97. The molecule has 0 spiro atoms. The summed E-state index contributed by atoms with van der Waals surface area (Å²) in [5.74, 6) is 2.41. The van der Waals surface area contributed by atoms with E-state index in [1.165, 1.54) is 0 Å². The second-order valence-corrected chi connectivity index (χ2v) is 7.18. The van der Waals surface area contributed by atoms with E-state index in [4.69, 9.17) is 9.15 Å². The highest BCUT2D eigenvalue weighted by Crippen LogP contribution is 2.29. The van der Waals surface area contributed by atoms with Gasteiger partial charge in [0.15, 0.2) is 0 Å². The van der Waals surface area contributed by atoms with Gasteiger partial charge >= 0.3 is 0 Å². The predicted octanol–water partition coefficient (Wildman–Crippen LogP) is 3.58. The van der Waals surface area contributed by atoms with Crippen LogP contribution in [0.2, 0.25) is 0 Å². The van der Waals surface area contributed by atoms with Crippen LogP contribution in [0.3, 0.4) is 0 Å². The number of aromatic nitrogens is 2. The number of rotatable bonds is 4. The summed E-state index contributed by atoms with van der Waals surface area (Å²) in [4.78, 5) is 11.1. The van der Waals surface area contributed by atoms with Crippen LogP contribution in [0.15, 0.2) is 35.0 Å². The number of oxazole rings is 1. The minimum absolute atomic E-state index is 0.0133. The van der Waals surface area contributed by atoms with Crippen LogP contribution in [0.25, 0.3) is 0 Å². The van der Waals surface area contributed by atoms with Crippen molar-refractivity contribution >= 4 is 0 Å². The zero-order valence-corrected chi connectivity index (χ0v) is 14.3. The van der Waals surface area contributed by atoms with Crippen LogP contribution in [0.4, 0.5) is 0 Å². The normalized spacial score (nSPS) is 20.6. The summed E-state index contributed by atoms with van der Waals surface area (Å²) in [6, 6.07) is 5.89. The van der Waals surface area contributed by atoms with Gasteiger partial charge in [-0.15, -0.1) is 0 Å². The first kappa shape index (κ1) is 16.0. The number of hydrogen-bond acceptors (Lipinski definition) is 5. The molecule has 0 N–H and O–H groups in total. The molecule has 3 rings (SSSR count). The van der Waals surface area contributed by atoms with E-state index in [9.17, 15) is 0 Å². The Morgan fingerprint density at radius 2 is 2.13 bits per heavy atom. The van der Waals surface area contributed by atoms with E-state index < -0.39 is 0 Å². The summed E-state index contributed by atoms with van der Waals surface area (Å²) < 4.78 is 11.9. The molecule has 2 aromatic heterocycles. The maximum Gasteiger partial charge on any atom is 0.213 e. The third kappa shape index (κ3) is 3.72. The SMILES string of the molecule is CC(c1ncc(C(C)(C)C)o1)N1CCC(Oc2ccccn2)C1. The second-order valence-electron chi connectivity index (χ2n) is 7.18. The molecule has 0 bridgehead atoms. The molecule has 0 aliphatic carbocycles. The lowest BCUT2D eigenvalue weighted by Gasteiger charge is -2.22. The van der Waals surface area contributed by atoms with Crippen LogP contribution < -0.4 is 4.74 Å². The molecule has 0 radical (unpaired) electrons. The molecular formula is C18H25N3O2. The number of likely N-dealkylation sites (tertiary alicyclic amines) is 1. The fourth-order valence-corrected chi connectivity index (χ4v) is 2.77. The fraction of sp³-hybridized carbons (Fsp3) is 0.556. The Kier molecular flexibility index (Phi) is 4.39. The van der Waals surface area contributed by atoms with E-state index in [0.717, 1.165) is 31.2 Å². The molecule has 1 fully saturated rings. The molecule has 3 heterocycles. The molecule has 124 valence electrons. The van der Waals surface area contributed by atoms with E-state index in [0.29, 0.717) is 5.88 Å². The van der Waals surface area contributed by atoms with Gasteiger partial charge in [-0.3, -0.25) is 4.90 Å². The van der Waals surface area contributed by atoms with Gasteiger partial charge in [-0.05, 0) is 19.4 Å². The largest absolute Gasteiger partial charge is 0.473 e. The highest BCUT2D eigenvalue weighted by molar-refractivity contribution is 5.11. The van der Waals surface area contributed by atoms with Gasteiger partial charge in [0.05, 0.1) is 12.2 Å². The summed E-state index contributed by atoms with van der Waals surface area (Å²) in [5, 5.41) is 0. The molecule has 0 aromatic carbocycles. The van der Waals surface area contributed by atoms with Crippen molar-refractivity contribution in [2.24, 2.45) is 0 Å². The molecule has 5 nitrogen and oxygen atoms in total. The van der Waals surface area contributed by atoms with Crippen molar-refractivity contribution in [2.45, 2.75) is 51.7 Å². The Morgan fingerprint density at radius 1 is 1.30 bits per heavy atom. The molecule has 1 aliphatic rings. The number of pyridine rings is 1. The lowest BCUT2D eigenvalue weighted by Crippen LogP contribution is -2.27. The first-order valence-corrected chi connectivity index (χ1v) is 8.21. The van der Waals surface area contributed by atoms with Crippen LogP contribution in [-0.2, 0) is 5.41 Å². The Labute approximate surface area is 137 Å². The van der Waals surface area contributed by atoms with Gasteiger partial charge in [0, 0.05) is 30.8 Å². The second kappa shape index (κ2) is 6.32. The molecule has 2 aromatic rings. The van der Waals surface area contributed by atoms with E-state index >= 15 is 0 Å². The van der Waals surface area contributed by atoms with Gasteiger partial charge in [-0.2, -0.15) is 0 Å². The molecule has 0 saturated carbocycles. The summed E-state index contributed by atoms with van der Waals surface area (Å²) in [6.45, 7) is 10.4. The average molecular weight is 315 g/mol. The first-order valence-electron chi connectivity index (χ1n) is 8.21. The van der Waals surface area contributed by atoms with E-state index in [1.54, 1.807) is 6.20 Å². The lowest BCUT2D eigenvalue weighted by molar-refractivity contribution is 0.165. The predicted molar refractivity (Wildman–Crippen MR) is 88.5 cm³/mol. The molecule has 0 amide bonds. The van der Waals surface area contributed by atoms with Crippen molar-refractivity contribution in [2.75, 3.05) is 13.1 Å². The molecule has 1 saturated heterocycles. The standard InChI is InChI=1S/C18H25N3O2/c1-13(17-20-11-15(23-17)18(2,3)4)21-10-8-14(12-21)22-16-7-5-6-9-19-16/h5-7,9,11,13-14H,8,10,12H2,1-4H3. The van der Waals surface area contributed by atoms with Crippen molar-refractivity contribution in [3.63, 3.8) is 0 Å². The van der Waals surface area contributed by atoms with E-state index in [2.05, 4.69) is 42.6 Å². The molecular weight excluding hydrogens is 290 g/mol. The third-order valence-corrected chi connectivity index (χ3v) is 4.27. The van der Waals surface area contributed by atoms with Gasteiger partial charge in [0.25, 0.3) is 0 Å². The fourth-order valence-electron chi connectivity index (χ4n) is 2.77. The Balaban J connectivity index is 1.61. The molecule has 23 heavy (non-hydrogen) atoms.